The Morgan fingerprint density at radius 3 is 2.24 bits per heavy atom. The first-order valence-electron chi connectivity index (χ1n) is 11.2. The molecule has 172 valence electrons. The summed E-state index contributed by atoms with van der Waals surface area (Å²) in [7, 11) is 0. The molecular formula is C27H29NO5. The standard InChI is InChI=1S/C27H29NO5/c1-17-18(15-29)7-6-12-19(17)26(31)25(30)13-14-28-27(32)33-16-24-22-10-4-2-8-20(22)21-9-3-5-11-23(21)24/h2-12,24-26,29-31H,13-16H2,1H3,(H,28,32). The Hall–Kier alpha value is -3.19. The number of amides is 1. The van der Waals surface area contributed by atoms with E-state index in [0.717, 1.165) is 16.7 Å². The van der Waals surface area contributed by atoms with Gasteiger partial charge in [0.15, 0.2) is 0 Å². The summed E-state index contributed by atoms with van der Waals surface area (Å²) in [5, 5.41) is 33.0. The Labute approximate surface area is 193 Å². The van der Waals surface area contributed by atoms with Gasteiger partial charge >= 0.3 is 6.09 Å². The average Bonchev–Trinajstić information content (AvgIpc) is 3.16. The van der Waals surface area contributed by atoms with Gasteiger partial charge in [-0.05, 0) is 52.3 Å². The van der Waals surface area contributed by atoms with Crippen molar-refractivity contribution in [2.24, 2.45) is 0 Å². The lowest BCUT2D eigenvalue weighted by Gasteiger charge is -2.21. The molecule has 4 N–H and O–H groups in total. The predicted octanol–water partition coefficient (Wildman–Crippen LogP) is 3.81. The van der Waals surface area contributed by atoms with Crippen LogP contribution in [0.1, 0.15) is 46.3 Å². The topological polar surface area (TPSA) is 99.0 Å². The number of hydrogen-bond acceptors (Lipinski definition) is 5. The van der Waals surface area contributed by atoms with Gasteiger partial charge in [-0.3, -0.25) is 0 Å². The molecule has 3 aromatic rings. The highest BCUT2D eigenvalue weighted by Gasteiger charge is 2.29. The molecule has 0 saturated heterocycles. The molecular weight excluding hydrogens is 418 g/mol. The van der Waals surface area contributed by atoms with Crippen molar-refractivity contribution in [3.63, 3.8) is 0 Å². The van der Waals surface area contributed by atoms with Gasteiger partial charge in [-0.2, -0.15) is 0 Å². The van der Waals surface area contributed by atoms with Gasteiger partial charge in [0.25, 0.3) is 0 Å². The minimum atomic E-state index is -1.11. The van der Waals surface area contributed by atoms with Crippen molar-refractivity contribution in [2.75, 3.05) is 13.2 Å². The molecule has 6 nitrogen and oxygen atoms in total. The van der Waals surface area contributed by atoms with Gasteiger partial charge < -0.3 is 25.4 Å². The molecule has 0 heterocycles. The van der Waals surface area contributed by atoms with Crippen LogP contribution in [-0.4, -0.2) is 40.7 Å². The molecule has 0 aromatic heterocycles. The second kappa shape index (κ2) is 10.2. The van der Waals surface area contributed by atoms with E-state index in [2.05, 4.69) is 29.6 Å². The molecule has 2 unspecified atom stereocenters. The first-order valence-corrected chi connectivity index (χ1v) is 11.2. The molecule has 0 bridgehead atoms. The van der Waals surface area contributed by atoms with Crippen molar-refractivity contribution in [3.8, 4) is 11.1 Å². The van der Waals surface area contributed by atoms with Crippen LogP contribution < -0.4 is 5.32 Å². The van der Waals surface area contributed by atoms with Gasteiger partial charge in [-0.15, -0.1) is 0 Å². The lowest BCUT2D eigenvalue weighted by molar-refractivity contribution is 0.0132. The molecule has 1 aliphatic carbocycles. The van der Waals surface area contributed by atoms with Gasteiger partial charge in [0.1, 0.15) is 12.7 Å². The number of hydrogen-bond donors (Lipinski definition) is 4. The zero-order valence-electron chi connectivity index (χ0n) is 18.6. The minimum absolute atomic E-state index is 0.0164. The fourth-order valence-corrected chi connectivity index (χ4v) is 4.53. The van der Waals surface area contributed by atoms with Crippen molar-refractivity contribution in [1.29, 1.82) is 0 Å². The molecule has 33 heavy (non-hydrogen) atoms. The van der Waals surface area contributed by atoms with Crippen LogP contribution in [0.15, 0.2) is 66.7 Å². The highest BCUT2D eigenvalue weighted by atomic mass is 16.5. The van der Waals surface area contributed by atoms with Gasteiger partial charge in [0.05, 0.1) is 12.7 Å². The van der Waals surface area contributed by atoms with E-state index < -0.39 is 18.3 Å². The number of aliphatic hydroxyl groups is 3. The molecule has 4 rings (SSSR count). The van der Waals surface area contributed by atoms with Crippen LogP contribution in [0, 0.1) is 6.92 Å². The number of rotatable bonds is 8. The van der Waals surface area contributed by atoms with Crippen LogP contribution in [-0.2, 0) is 11.3 Å². The van der Waals surface area contributed by atoms with E-state index in [1.54, 1.807) is 25.1 Å². The highest BCUT2D eigenvalue weighted by molar-refractivity contribution is 5.79. The third kappa shape index (κ3) is 4.78. The minimum Gasteiger partial charge on any atom is -0.449 e. The molecule has 0 fully saturated rings. The first kappa shape index (κ1) is 23.0. The monoisotopic (exact) mass is 447 g/mol. The summed E-state index contributed by atoms with van der Waals surface area (Å²) < 4.78 is 5.49. The van der Waals surface area contributed by atoms with Crippen molar-refractivity contribution >= 4 is 6.09 Å². The van der Waals surface area contributed by atoms with Crippen LogP contribution in [0.5, 0.6) is 0 Å². The molecule has 0 radical (unpaired) electrons. The maximum Gasteiger partial charge on any atom is 0.407 e. The van der Waals surface area contributed by atoms with Crippen LogP contribution in [0.2, 0.25) is 0 Å². The van der Waals surface area contributed by atoms with Gasteiger partial charge in [0.2, 0.25) is 0 Å². The zero-order valence-corrected chi connectivity index (χ0v) is 18.6. The number of carbonyl (C=O) groups excluding carboxylic acids is 1. The smallest absolute Gasteiger partial charge is 0.407 e. The number of alkyl carbamates (subject to hydrolysis) is 1. The van der Waals surface area contributed by atoms with Crippen LogP contribution >= 0.6 is 0 Å². The molecule has 1 amide bonds. The number of ether oxygens (including phenoxy) is 1. The summed E-state index contributed by atoms with van der Waals surface area (Å²) in [6.07, 6.45) is -2.57. The molecule has 3 aromatic carbocycles. The Bertz CT molecular complexity index is 1080. The van der Waals surface area contributed by atoms with Crippen molar-refractivity contribution < 1.29 is 24.9 Å². The predicted molar refractivity (Wildman–Crippen MR) is 126 cm³/mol. The Balaban J connectivity index is 1.29. The molecule has 0 spiro atoms. The van der Waals surface area contributed by atoms with E-state index in [-0.39, 0.29) is 32.1 Å². The summed E-state index contributed by atoms with van der Waals surface area (Å²) in [6, 6.07) is 21.5. The molecule has 0 saturated carbocycles. The number of nitrogens with one attached hydrogen (secondary N) is 1. The number of fused-ring (bicyclic) bond motifs is 3. The Morgan fingerprint density at radius 1 is 0.970 bits per heavy atom. The largest absolute Gasteiger partial charge is 0.449 e. The Morgan fingerprint density at radius 2 is 1.61 bits per heavy atom. The second-order valence-electron chi connectivity index (χ2n) is 8.34. The number of carbonyl (C=O) groups is 1. The zero-order chi connectivity index (χ0) is 23.4. The van der Waals surface area contributed by atoms with E-state index in [4.69, 9.17) is 4.74 Å². The van der Waals surface area contributed by atoms with E-state index in [9.17, 15) is 20.1 Å². The molecule has 2 atom stereocenters. The second-order valence-corrected chi connectivity index (χ2v) is 8.34. The summed E-state index contributed by atoms with van der Waals surface area (Å²) in [6.45, 7) is 2.05. The lowest BCUT2D eigenvalue weighted by atomic mass is 9.95. The number of aliphatic hydroxyl groups excluding tert-OH is 3. The first-order chi connectivity index (χ1) is 16.0. The third-order valence-electron chi connectivity index (χ3n) is 6.39. The third-order valence-corrected chi connectivity index (χ3v) is 6.39. The SMILES string of the molecule is Cc1c(CO)cccc1C(O)C(O)CCNC(=O)OCC1c2ccccc2-c2ccccc21. The van der Waals surface area contributed by atoms with Crippen molar-refractivity contribution in [1.82, 2.24) is 5.32 Å². The number of benzene rings is 3. The quantitative estimate of drug-likeness (QED) is 0.421. The maximum absolute atomic E-state index is 12.3. The highest BCUT2D eigenvalue weighted by Crippen LogP contribution is 2.44. The van der Waals surface area contributed by atoms with Crippen molar-refractivity contribution in [3.05, 3.63) is 94.5 Å². The molecule has 1 aliphatic rings. The van der Waals surface area contributed by atoms with E-state index in [0.29, 0.717) is 11.1 Å². The fraction of sp³-hybridized carbons (Fsp3) is 0.296. The normalized spacial score (nSPS) is 14.3. The summed E-state index contributed by atoms with van der Waals surface area (Å²) in [4.78, 5) is 12.3. The van der Waals surface area contributed by atoms with Gasteiger partial charge in [0, 0.05) is 12.5 Å². The van der Waals surface area contributed by atoms with E-state index in [1.807, 2.05) is 24.3 Å². The molecule has 6 heteroatoms. The summed E-state index contributed by atoms with van der Waals surface area (Å²) in [5.41, 5.74) is 6.64. The van der Waals surface area contributed by atoms with Gasteiger partial charge in [-0.25, -0.2) is 4.79 Å². The molecule has 0 aliphatic heterocycles. The lowest BCUT2D eigenvalue weighted by Crippen LogP contribution is -2.31. The fourth-order valence-electron chi connectivity index (χ4n) is 4.53. The van der Waals surface area contributed by atoms with Gasteiger partial charge in [-0.1, -0.05) is 66.7 Å². The maximum atomic E-state index is 12.3. The van der Waals surface area contributed by atoms with Crippen LogP contribution in [0.4, 0.5) is 4.79 Å². The average molecular weight is 448 g/mol. The summed E-state index contributed by atoms with van der Waals surface area (Å²) in [5.74, 6) is -0.0164. The Kier molecular flexibility index (Phi) is 7.08. The van der Waals surface area contributed by atoms with E-state index in [1.165, 1.54) is 11.1 Å². The van der Waals surface area contributed by atoms with Crippen LogP contribution in [0.3, 0.4) is 0 Å². The van der Waals surface area contributed by atoms with Crippen LogP contribution in [0.25, 0.3) is 11.1 Å². The summed E-state index contributed by atoms with van der Waals surface area (Å²) >= 11 is 0. The van der Waals surface area contributed by atoms with E-state index >= 15 is 0 Å². The van der Waals surface area contributed by atoms with Crippen molar-refractivity contribution in [2.45, 2.75) is 38.1 Å².